The number of rotatable bonds is 5. The summed E-state index contributed by atoms with van der Waals surface area (Å²) in [4.78, 5) is 10.8. The second-order valence-electron chi connectivity index (χ2n) is 3.37. The van der Waals surface area contributed by atoms with Crippen LogP contribution in [0.5, 0.6) is 0 Å². The van der Waals surface area contributed by atoms with Gasteiger partial charge in [-0.3, -0.25) is 4.79 Å². The smallest absolute Gasteiger partial charge is 0.219 e. The Labute approximate surface area is 73.9 Å². The Bertz CT molecular complexity index is 143. The number of hydrogen-bond acceptors (Lipinski definition) is 2. The van der Waals surface area contributed by atoms with E-state index in [1.165, 1.54) is 19.5 Å². The van der Waals surface area contributed by atoms with Crippen molar-refractivity contribution in [3.63, 3.8) is 0 Å². The highest BCUT2D eigenvalue weighted by molar-refractivity contribution is 5.75. The van der Waals surface area contributed by atoms with Gasteiger partial charge in [0.15, 0.2) is 0 Å². The maximum Gasteiger partial charge on any atom is 0.219 e. The number of nitrogens with one attached hydrogen (secondary N) is 2. The second kappa shape index (κ2) is 5.14. The van der Waals surface area contributed by atoms with Crippen molar-refractivity contribution in [1.29, 1.82) is 0 Å². The number of hydrogen-bond donors (Lipinski definition) is 2. The van der Waals surface area contributed by atoms with Crippen molar-refractivity contribution in [2.45, 2.75) is 26.2 Å². The summed E-state index contributed by atoms with van der Waals surface area (Å²) in [5, 5.41) is 6.11. The molecule has 1 amide bonds. The molecule has 0 unspecified atom stereocenters. The van der Waals surface area contributed by atoms with E-state index in [-0.39, 0.29) is 5.91 Å². The van der Waals surface area contributed by atoms with E-state index in [4.69, 9.17) is 0 Å². The van der Waals surface area contributed by atoms with Gasteiger partial charge in [-0.1, -0.05) is 6.92 Å². The lowest BCUT2D eigenvalue weighted by molar-refractivity contribution is -0.120. The van der Waals surface area contributed by atoms with Gasteiger partial charge in [0.25, 0.3) is 0 Å². The van der Waals surface area contributed by atoms with Crippen molar-refractivity contribution in [2.24, 2.45) is 5.92 Å². The van der Waals surface area contributed by atoms with Gasteiger partial charge in [0, 0.05) is 13.0 Å². The van der Waals surface area contributed by atoms with E-state index >= 15 is 0 Å². The van der Waals surface area contributed by atoms with Crippen LogP contribution in [0.3, 0.4) is 0 Å². The van der Waals surface area contributed by atoms with Gasteiger partial charge in [-0.2, -0.15) is 0 Å². The van der Waals surface area contributed by atoms with Crippen LogP contribution in [-0.2, 0) is 4.79 Å². The molecule has 0 saturated carbocycles. The number of carbonyl (C=O) groups is 1. The molecule has 0 radical (unpaired) electrons. The van der Waals surface area contributed by atoms with E-state index in [2.05, 4.69) is 10.6 Å². The molecule has 0 atom stereocenters. The van der Waals surface area contributed by atoms with Gasteiger partial charge in [0.1, 0.15) is 0 Å². The van der Waals surface area contributed by atoms with Crippen LogP contribution in [0.4, 0.5) is 0 Å². The van der Waals surface area contributed by atoms with E-state index in [0.717, 1.165) is 18.9 Å². The Hall–Kier alpha value is -0.570. The molecule has 1 aliphatic rings. The third-order valence-electron chi connectivity index (χ3n) is 2.30. The van der Waals surface area contributed by atoms with Crippen molar-refractivity contribution >= 4 is 5.91 Å². The van der Waals surface area contributed by atoms with Crippen LogP contribution in [-0.4, -0.2) is 25.5 Å². The molecule has 1 fully saturated rings. The molecular formula is C9H18N2O. The zero-order chi connectivity index (χ0) is 8.81. The molecule has 0 aliphatic carbocycles. The third-order valence-corrected chi connectivity index (χ3v) is 2.30. The molecule has 2 N–H and O–H groups in total. The minimum absolute atomic E-state index is 0.168. The summed E-state index contributed by atoms with van der Waals surface area (Å²) in [5.41, 5.74) is 0. The summed E-state index contributed by atoms with van der Waals surface area (Å²) in [6, 6.07) is 0. The van der Waals surface area contributed by atoms with Crippen LogP contribution in [0, 0.1) is 5.92 Å². The lowest BCUT2D eigenvalue weighted by atomic mass is 9.97. The first-order valence-electron chi connectivity index (χ1n) is 4.80. The summed E-state index contributed by atoms with van der Waals surface area (Å²) < 4.78 is 0. The largest absolute Gasteiger partial charge is 0.356 e. The van der Waals surface area contributed by atoms with Gasteiger partial charge in [-0.05, 0) is 31.8 Å². The first-order valence-corrected chi connectivity index (χ1v) is 4.80. The number of carbonyl (C=O) groups excluding carboxylic acids is 1. The highest BCUT2D eigenvalue weighted by Gasteiger charge is 2.15. The molecule has 3 heteroatoms. The Balaban J connectivity index is 1.85. The van der Waals surface area contributed by atoms with Crippen LogP contribution in [0.1, 0.15) is 26.2 Å². The predicted octanol–water partition coefficient (Wildman–Crippen LogP) is 0.512. The Morgan fingerprint density at radius 3 is 2.83 bits per heavy atom. The minimum Gasteiger partial charge on any atom is -0.356 e. The quantitative estimate of drug-likeness (QED) is 0.590. The molecule has 1 rings (SSSR count). The van der Waals surface area contributed by atoms with Crippen LogP contribution in [0.25, 0.3) is 0 Å². The Morgan fingerprint density at radius 2 is 2.33 bits per heavy atom. The number of amides is 1. The summed E-state index contributed by atoms with van der Waals surface area (Å²) in [5.74, 6) is 1.03. The fourth-order valence-corrected chi connectivity index (χ4v) is 1.30. The standard InChI is InChI=1S/C9H18N2O/c1-2-9(12)11-5-3-4-8-6-10-7-8/h8,10H,2-7H2,1H3,(H,11,12). The van der Waals surface area contributed by atoms with Gasteiger partial charge in [0.05, 0.1) is 0 Å². The lowest BCUT2D eigenvalue weighted by Gasteiger charge is -2.26. The first kappa shape index (κ1) is 9.52. The van der Waals surface area contributed by atoms with Crippen LogP contribution in [0.15, 0.2) is 0 Å². The van der Waals surface area contributed by atoms with Crippen LogP contribution in [0.2, 0.25) is 0 Å². The normalized spacial score (nSPS) is 17.1. The van der Waals surface area contributed by atoms with Crippen molar-refractivity contribution in [3.8, 4) is 0 Å². The van der Waals surface area contributed by atoms with Crippen LogP contribution < -0.4 is 10.6 Å². The average molecular weight is 170 g/mol. The molecule has 1 heterocycles. The van der Waals surface area contributed by atoms with Crippen molar-refractivity contribution in [2.75, 3.05) is 19.6 Å². The zero-order valence-corrected chi connectivity index (χ0v) is 7.73. The van der Waals surface area contributed by atoms with Crippen molar-refractivity contribution in [1.82, 2.24) is 10.6 Å². The van der Waals surface area contributed by atoms with E-state index in [9.17, 15) is 4.79 Å². The van der Waals surface area contributed by atoms with Gasteiger partial charge in [-0.25, -0.2) is 0 Å². The molecule has 0 spiro atoms. The highest BCUT2D eigenvalue weighted by atomic mass is 16.1. The summed E-state index contributed by atoms with van der Waals surface area (Å²) in [6.45, 7) is 5.07. The highest BCUT2D eigenvalue weighted by Crippen LogP contribution is 2.09. The maximum atomic E-state index is 10.8. The van der Waals surface area contributed by atoms with E-state index in [0.29, 0.717) is 6.42 Å². The monoisotopic (exact) mass is 170 g/mol. The average Bonchev–Trinajstić information content (AvgIpc) is 2.00. The zero-order valence-electron chi connectivity index (χ0n) is 7.73. The SMILES string of the molecule is CCC(=O)NCCCC1CNC1. The Kier molecular flexibility index (Phi) is 4.08. The molecular weight excluding hydrogens is 152 g/mol. The summed E-state index contributed by atoms with van der Waals surface area (Å²) in [6.07, 6.45) is 2.97. The summed E-state index contributed by atoms with van der Waals surface area (Å²) >= 11 is 0. The molecule has 70 valence electrons. The fourth-order valence-electron chi connectivity index (χ4n) is 1.30. The predicted molar refractivity (Wildman–Crippen MR) is 48.9 cm³/mol. The van der Waals surface area contributed by atoms with Gasteiger partial charge >= 0.3 is 0 Å². The minimum atomic E-state index is 0.168. The van der Waals surface area contributed by atoms with Crippen molar-refractivity contribution < 1.29 is 4.79 Å². The molecule has 0 bridgehead atoms. The van der Waals surface area contributed by atoms with E-state index < -0.39 is 0 Å². The molecule has 3 nitrogen and oxygen atoms in total. The second-order valence-corrected chi connectivity index (χ2v) is 3.37. The Morgan fingerprint density at radius 1 is 1.58 bits per heavy atom. The van der Waals surface area contributed by atoms with Gasteiger partial charge in [-0.15, -0.1) is 0 Å². The molecule has 0 aromatic rings. The van der Waals surface area contributed by atoms with E-state index in [1.807, 2.05) is 6.92 Å². The molecule has 0 aromatic carbocycles. The topological polar surface area (TPSA) is 41.1 Å². The first-order chi connectivity index (χ1) is 5.83. The fraction of sp³-hybridized carbons (Fsp3) is 0.889. The molecule has 0 aromatic heterocycles. The van der Waals surface area contributed by atoms with E-state index in [1.54, 1.807) is 0 Å². The maximum absolute atomic E-state index is 10.8. The molecule has 1 aliphatic heterocycles. The van der Waals surface area contributed by atoms with Crippen molar-refractivity contribution in [3.05, 3.63) is 0 Å². The molecule has 12 heavy (non-hydrogen) atoms. The molecule has 1 saturated heterocycles. The van der Waals surface area contributed by atoms with Gasteiger partial charge in [0.2, 0.25) is 5.91 Å². The van der Waals surface area contributed by atoms with Gasteiger partial charge < -0.3 is 10.6 Å². The summed E-state index contributed by atoms with van der Waals surface area (Å²) in [7, 11) is 0. The van der Waals surface area contributed by atoms with Crippen LogP contribution >= 0.6 is 0 Å². The third kappa shape index (κ3) is 3.22. The lowest BCUT2D eigenvalue weighted by Crippen LogP contribution is -2.42.